The normalized spacial score (nSPS) is 14.0. The molecule has 0 saturated heterocycles. The highest BCUT2D eigenvalue weighted by molar-refractivity contribution is 9.10. The smallest absolute Gasteiger partial charge is 0.406 e. The second-order valence-corrected chi connectivity index (χ2v) is 4.54. The zero-order chi connectivity index (χ0) is 12.2. The molecule has 0 aliphatic heterocycles. The van der Waals surface area contributed by atoms with Crippen LogP contribution in [0.4, 0.5) is 4.79 Å². The van der Waals surface area contributed by atoms with Gasteiger partial charge in [-0.1, -0.05) is 28.1 Å². The van der Waals surface area contributed by atoms with Gasteiger partial charge in [-0.3, -0.25) is 0 Å². The number of carbonyl (C=O) groups excluding carboxylic acids is 1. The van der Waals surface area contributed by atoms with Crippen molar-refractivity contribution in [2.75, 3.05) is 13.7 Å². The Bertz CT molecular complexity index is 362. The summed E-state index contributed by atoms with van der Waals surface area (Å²) in [4.78, 5) is 10.9. The molecule has 1 aromatic rings. The molecule has 0 aromatic heterocycles. The number of hydrogen-bond donors (Lipinski definition) is 2. The highest BCUT2D eigenvalue weighted by Crippen LogP contribution is 2.21. The van der Waals surface area contributed by atoms with E-state index in [4.69, 9.17) is 0 Å². The third-order valence-corrected chi connectivity index (χ3v) is 2.76. The number of benzene rings is 1. The number of aliphatic hydroxyl groups is 1. The van der Waals surface area contributed by atoms with E-state index in [2.05, 4.69) is 26.0 Å². The molecule has 16 heavy (non-hydrogen) atoms. The Kier molecular flexibility index (Phi) is 4.32. The molecule has 1 rings (SSSR count). The van der Waals surface area contributed by atoms with Gasteiger partial charge in [0.15, 0.2) is 0 Å². The minimum absolute atomic E-state index is 0.0985. The van der Waals surface area contributed by atoms with Crippen LogP contribution in [-0.2, 0) is 10.3 Å². The summed E-state index contributed by atoms with van der Waals surface area (Å²) in [7, 11) is 1.28. The topological polar surface area (TPSA) is 58.6 Å². The molecule has 1 atom stereocenters. The maximum Gasteiger partial charge on any atom is 0.406 e. The van der Waals surface area contributed by atoms with Crippen LogP contribution >= 0.6 is 15.9 Å². The molecule has 2 N–H and O–H groups in total. The van der Waals surface area contributed by atoms with E-state index < -0.39 is 11.7 Å². The molecular formula is C11H14BrNO3. The van der Waals surface area contributed by atoms with Crippen LogP contribution in [0, 0.1) is 0 Å². The van der Waals surface area contributed by atoms with E-state index >= 15 is 0 Å². The van der Waals surface area contributed by atoms with Crippen molar-refractivity contribution < 1.29 is 14.6 Å². The average Bonchev–Trinajstić information content (AvgIpc) is 2.26. The summed E-state index contributed by atoms with van der Waals surface area (Å²) in [6, 6.07) is 7.26. The fourth-order valence-corrected chi connectivity index (χ4v) is 1.49. The van der Waals surface area contributed by atoms with Crippen molar-refractivity contribution in [2.45, 2.75) is 12.5 Å². The quantitative estimate of drug-likeness (QED) is 0.894. The van der Waals surface area contributed by atoms with E-state index in [0.717, 1.165) is 10.0 Å². The van der Waals surface area contributed by atoms with Gasteiger partial charge in [0, 0.05) is 4.47 Å². The Hall–Kier alpha value is -1.07. The Labute approximate surface area is 103 Å². The number of ether oxygens (including phenoxy) is 1. The summed E-state index contributed by atoms with van der Waals surface area (Å²) in [5.74, 6) is 0. The molecule has 0 spiro atoms. The van der Waals surface area contributed by atoms with Crippen LogP contribution in [0.25, 0.3) is 0 Å². The molecule has 1 aromatic carbocycles. The van der Waals surface area contributed by atoms with Crippen LogP contribution in [0.1, 0.15) is 12.5 Å². The van der Waals surface area contributed by atoms with Crippen molar-refractivity contribution in [1.82, 2.24) is 5.32 Å². The lowest BCUT2D eigenvalue weighted by Gasteiger charge is -2.23. The van der Waals surface area contributed by atoms with Crippen LogP contribution in [0.15, 0.2) is 28.7 Å². The number of carbonyl (C=O) groups is 1. The third kappa shape index (κ3) is 3.50. The SMILES string of the molecule is COC(=O)NCC(C)(O)c1ccc(Br)cc1. The number of rotatable bonds is 3. The Morgan fingerprint density at radius 2 is 2.06 bits per heavy atom. The largest absolute Gasteiger partial charge is 0.453 e. The van der Waals surface area contributed by atoms with Gasteiger partial charge in [0.25, 0.3) is 0 Å². The summed E-state index contributed by atoms with van der Waals surface area (Å²) in [6.45, 7) is 1.73. The molecule has 4 nitrogen and oxygen atoms in total. The van der Waals surface area contributed by atoms with E-state index in [-0.39, 0.29) is 6.54 Å². The highest BCUT2D eigenvalue weighted by atomic mass is 79.9. The third-order valence-electron chi connectivity index (χ3n) is 2.23. The zero-order valence-electron chi connectivity index (χ0n) is 9.16. The molecule has 0 heterocycles. The zero-order valence-corrected chi connectivity index (χ0v) is 10.7. The van der Waals surface area contributed by atoms with Gasteiger partial charge >= 0.3 is 6.09 Å². The number of alkyl carbamates (subject to hydrolysis) is 1. The predicted molar refractivity (Wildman–Crippen MR) is 64.1 cm³/mol. The first-order valence-electron chi connectivity index (χ1n) is 4.76. The lowest BCUT2D eigenvalue weighted by atomic mass is 9.96. The summed E-state index contributed by atoms with van der Waals surface area (Å²) in [5, 5.41) is 12.6. The first-order valence-corrected chi connectivity index (χ1v) is 5.55. The predicted octanol–water partition coefficient (Wildman–Crippen LogP) is 2.01. The van der Waals surface area contributed by atoms with Crippen molar-refractivity contribution in [1.29, 1.82) is 0 Å². The fraction of sp³-hybridized carbons (Fsp3) is 0.364. The monoisotopic (exact) mass is 287 g/mol. The van der Waals surface area contributed by atoms with Gasteiger partial charge in [-0.25, -0.2) is 4.79 Å². The molecule has 0 aliphatic rings. The number of nitrogens with one attached hydrogen (secondary N) is 1. The Balaban J connectivity index is 2.69. The standard InChI is InChI=1S/C11H14BrNO3/c1-11(15,7-13-10(14)16-2)8-3-5-9(12)6-4-8/h3-6,15H,7H2,1-2H3,(H,13,14). The second kappa shape index (κ2) is 5.32. The summed E-state index contributed by atoms with van der Waals surface area (Å²) in [6.07, 6.45) is -0.558. The van der Waals surface area contributed by atoms with E-state index in [1.165, 1.54) is 7.11 Å². The molecule has 1 unspecified atom stereocenters. The number of methoxy groups -OCH3 is 1. The highest BCUT2D eigenvalue weighted by Gasteiger charge is 2.23. The van der Waals surface area contributed by atoms with Crippen LogP contribution in [0.2, 0.25) is 0 Å². The van der Waals surface area contributed by atoms with Crippen LogP contribution in [-0.4, -0.2) is 24.9 Å². The minimum Gasteiger partial charge on any atom is -0.453 e. The van der Waals surface area contributed by atoms with Crippen molar-refractivity contribution in [3.8, 4) is 0 Å². The first-order chi connectivity index (χ1) is 7.45. The maximum absolute atomic E-state index is 10.9. The molecule has 0 aliphatic carbocycles. The van der Waals surface area contributed by atoms with Crippen molar-refractivity contribution in [3.63, 3.8) is 0 Å². The van der Waals surface area contributed by atoms with Crippen molar-refractivity contribution in [2.24, 2.45) is 0 Å². The Morgan fingerprint density at radius 3 is 2.56 bits per heavy atom. The van der Waals surface area contributed by atoms with Crippen molar-refractivity contribution in [3.05, 3.63) is 34.3 Å². The Morgan fingerprint density at radius 1 is 1.50 bits per heavy atom. The number of amides is 1. The summed E-state index contributed by atoms with van der Waals surface area (Å²) >= 11 is 3.31. The first kappa shape index (κ1) is 13.0. The van der Waals surface area contributed by atoms with Gasteiger partial charge in [0.2, 0.25) is 0 Å². The summed E-state index contributed by atoms with van der Waals surface area (Å²) < 4.78 is 5.37. The molecule has 0 radical (unpaired) electrons. The van der Waals surface area contributed by atoms with Gasteiger partial charge in [-0.2, -0.15) is 0 Å². The van der Waals surface area contributed by atoms with Crippen LogP contribution in [0.5, 0.6) is 0 Å². The lowest BCUT2D eigenvalue weighted by molar-refractivity contribution is 0.0553. The van der Waals surface area contributed by atoms with Gasteiger partial charge < -0.3 is 15.2 Å². The van der Waals surface area contributed by atoms with E-state index in [1.54, 1.807) is 19.1 Å². The van der Waals surface area contributed by atoms with Crippen LogP contribution in [0.3, 0.4) is 0 Å². The molecule has 88 valence electrons. The van der Waals surface area contributed by atoms with Crippen LogP contribution < -0.4 is 5.32 Å². The molecule has 0 fully saturated rings. The van der Waals surface area contributed by atoms with Gasteiger partial charge in [0.1, 0.15) is 5.60 Å². The van der Waals surface area contributed by atoms with E-state index in [9.17, 15) is 9.90 Å². The molecule has 0 bridgehead atoms. The second-order valence-electron chi connectivity index (χ2n) is 3.63. The lowest BCUT2D eigenvalue weighted by Crippen LogP contribution is -2.38. The molecule has 0 saturated carbocycles. The summed E-state index contributed by atoms with van der Waals surface area (Å²) in [5.41, 5.74) is -0.387. The maximum atomic E-state index is 10.9. The van der Waals surface area contributed by atoms with Gasteiger partial charge in [0.05, 0.1) is 13.7 Å². The molecule has 5 heteroatoms. The number of hydrogen-bond acceptors (Lipinski definition) is 3. The number of halogens is 1. The van der Waals surface area contributed by atoms with Gasteiger partial charge in [-0.05, 0) is 24.6 Å². The molecule has 1 amide bonds. The fourth-order valence-electron chi connectivity index (χ4n) is 1.23. The van der Waals surface area contributed by atoms with Gasteiger partial charge in [-0.15, -0.1) is 0 Å². The molecular weight excluding hydrogens is 274 g/mol. The minimum atomic E-state index is -1.12. The van der Waals surface area contributed by atoms with E-state index in [0.29, 0.717) is 0 Å². The van der Waals surface area contributed by atoms with E-state index in [1.807, 2.05) is 12.1 Å². The van der Waals surface area contributed by atoms with Crippen molar-refractivity contribution >= 4 is 22.0 Å². The average molecular weight is 288 g/mol.